The number of nitrogens with one attached hydrogen (secondary N) is 3. The van der Waals surface area contributed by atoms with Crippen molar-refractivity contribution in [1.82, 2.24) is 25.9 Å². The van der Waals surface area contributed by atoms with Gasteiger partial charge in [0.05, 0.1) is 6.61 Å². The number of rotatable bonds is 11. The summed E-state index contributed by atoms with van der Waals surface area (Å²) in [5.74, 6) is -1.20. The molecule has 10 nitrogen and oxygen atoms in total. The standard InChI is InChI=1S/C22H35N5O5/c1-13(2)10-18(22(31)32)27-21(30)19(12-28)26-20(29)5-4-16-11-17(25-14(3)24-16)15-6-8-23-9-7-15/h11,13,15,18-19,23,28H,4-10,12H2,1-3H3,(H,26,29)(H,27,30)(H,31,32)/t18-,19-/m0/s1. The third kappa shape index (κ3) is 8.16. The van der Waals surface area contributed by atoms with Crippen molar-refractivity contribution in [2.75, 3.05) is 19.7 Å². The number of carbonyl (C=O) groups is 3. The van der Waals surface area contributed by atoms with E-state index in [2.05, 4.69) is 25.9 Å². The summed E-state index contributed by atoms with van der Waals surface area (Å²) in [5.41, 5.74) is 1.75. The SMILES string of the molecule is Cc1nc(CCC(=O)N[C@@H](CO)C(=O)N[C@@H](CC(C)C)C(=O)O)cc(C2CCNCC2)n1. The number of carboxylic acid groups (broad SMARTS) is 1. The van der Waals surface area contributed by atoms with Gasteiger partial charge in [-0.15, -0.1) is 0 Å². The van der Waals surface area contributed by atoms with Gasteiger partial charge in [-0.1, -0.05) is 13.8 Å². The third-order valence-electron chi connectivity index (χ3n) is 5.43. The minimum Gasteiger partial charge on any atom is -0.480 e. The first-order valence-electron chi connectivity index (χ1n) is 11.2. The third-order valence-corrected chi connectivity index (χ3v) is 5.43. The van der Waals surface area contributed by atoms with Crippen LogP contribution in [-0.2, 0) is 20.8 Å². The van der Waals surface area contributed by atoms with Crippen LogP contribution >= 0.6 is 0 Å². The molecule has 32 heavy (non-hydrogen) atoms. The molecule has 0 aliphatic carbocycles. The zero-order valence-electron chi connectivity index (χ0n) is 19.1. The summed E-state index contributed by atoms with van der Waals surface area (Å²) in [6.07, 6.45) is 2.73. The van der Waals surface area contributed by atoms with E-state index in [1.54, 1.807) is 0 Å². The molecule has 178 valence electrons. The van der Waals surface area contributed by atoms with Crippen molar-refractivity contribution in [2.45, 2.75) is 70.9 Å². The highest BCUT2D eigenvalue weighted by Crippen LogP contribution is 2.24. The van der Waals surface area contributed by atoms with Crippen LogP contribution in [0.5, 0.6) is 0 Å². The van der Waals surface area contributed by atoms with E-state index in [9.17, 15) is 24.6 Å². The fourth-order valence-corrected chi connectivity index (χ4v) is 3.78. The van der Waals surface area contributed by atoms with Crippen molar-refractivity contribution in [3.8, 4) is 0 Å². The zero-order valence-corrected chi connectivity index (χ0v) is 19.1. The van der Waals surface area contributed by atoms with Crippen LogP contribution in [0.3, 0.4) is 0 Å². The summed E-state index contributed by atoms with van der Waals surface area (Å²) in [6.45, 7) is 6.80. The van der Waals surface area contributed by atoms with Gasteiger partial charge in [-0.2, -0.15) is 0 Å². The fourth-order valence-electron chi connectivity index (χ4n) is 3.78. The normalized spacial score (nSPS) is 16.4. The molecule has 1 aliphatic heterocycles. The molecule has 0 aromatic carbocycles. The van der Waals surface area contributed by atoms with Crippen LogP contribution in [0.1, 0.15) is 62.7 Å². The van der Waals surface area contributed by atoms with Crippen molar-refractivity contribution in [3.05, 3.63) is 23.3 Å². The summed E-state index contributed by atoms with van der Waals surface area (Å²) in [7, 11) is 0. The number of hydrogen-bond acceptors (Lipinski definition) is 7. The first kappa shape index (κ1) is 25.7. The first-order chi connectivity index (χ1) is 15.2. The van der Waals surface area contributed by atoms with E-state index in [4.69, 9.17) is 0 Å². The molecule has 1 saturated heterocycles. The lowest BCUT2D eigenvalue weighted by atomic mass is 9.93. The van der Waals surface area contributed by atoms with Gasteiger partial charge < -0.3 is 26.2 Å². The lowest BCUT2D eigenvalue weighted by molar-refractivity contribution is -0.143. The van der Waals surface area contributed by atoms with E-state index >= 15 is 0 Å². The number of aliphatic hydroxyl groups is 1. The molecule has 0 spiro atoms. The van der Waals surface area contributed by atoms with Crippen molar-refractivity contribution >= 4 is 17.8 Å². The highest BCUT2D eigenvalue weighted by molar-refractivity contribution is 5.90. The summed E-state index contributed by atoms with van der Waals surface area (Å²) in [6, 6.07) is -0.352. The Morgan fingerprint density at radius 2 is 1.84 bits per heavy atom. The maximum atomic E-state index is 12.4. The highest BCUT2D eigenvalue weighted by atomic mass is 16.4. The predicted molar refractivity (Wildman–Crippen MR) is 118 cm³/mol. The van der Waals surface area contributed by atoms with Crippen molar-refractivity contribution in [3.63, 3.8) is 0 Å². The van der Waals surface area contributed by atoms with Gasteiger partial charge in [-0.05, 0) is 57.7 Å². The van der Waals surface area contributed by atoms with Crippen LogP contribution in [0, 0.1) is 12.8 Å². The molecule has 1 aliphatic rings. The van der Waals surface area contributed by atoms with Gasteiger partial charge in [-0.3, -0.25) is 9.59 Å². The number of carbonyl (C=O) groups excluding carboxylic acids is 2. The Morgan fingerprint density at radius 1 is 1.16 bits per heavy atom. The molecule has 0 saturated carbocycles. The van der Waals surface area contributed by atoms with E-state index < -0.39 is 36.5 Å². The first-order valence-corrected chi connectivity index (χ1v) is 11.2. The van der Waals surface area contributed by atoms with E-state index in [0.717, 1.165) is 37.3 Å². The monoisotopic (exact) mass is 449 g/mol. The fraction of sp³-hybridized carbons (Fsp3) is 0.682. The Kier molecular flexibility index (Phi) is 9.98. The molecule has 2 amide bonds. The topological polar surface area (TPSA) is 154 Å². The van der Waals surface area contributed by atoms with Gasteiger partial charge in [0.25, 0.3) is 0 Å². The molecular weight excluding hydrogens is 414 g/mol. The molecule has 2 heterocycles. The van der Waals surface area contributed by atoms with Gasteiger partial charge in [-0.25, -0.2) is 14.8 Å². The average molecular weight is 450 g/mol. The van der Waals surface area contributed by atoms with Crippen molar-refractivity contribution in [1.29, 1.82) is 0 Å². The molecule has 2 rings (SSSR count). The van der Waals surface area contributed by atoms with Crippen molar-refractivity contribution < 1.29 is 24.6 Å². The largest absolute Gasteiger partial charge is 0.480 e. The number of hydrogen-bond donors (Lipinski definition) is 5. The maximum Gasteiger partial charge on any atom is 0.326 e. The quantitative estimate of drug-likeness (QED) is 0.323. The predicted octanol–water partition coefficient (Wildman–Crippen LogP) is 0.277. The lowest BCUT2D eigenvalue weighted by Gasteiger charge is -2.22. The minimum atomic E-state index is -1.21. The van der Waals surface area contributed by atoms with Crippen molar-refractivity contribution in [2.24, 2.45) is 5.92 Å². The number of amides is 2. The van der Waals surface area contributed by atoms with Crippen LogP contribution in [0.25, 0.3) is 0 Å². The summed E-state index contributed by atoms with van der Waals surface area (Å²) in [5, 5.41) is 27.0. The van der Waals surface area contributed by atoms with Gasteiger partial charge >= 0.3 is 5.97 Å². The van der Waals surface area contributed by atoms with E-state index in [1.807, 2.05) is 26.8 Å². The van der Waals surface area contributed by atoms with Gasteiger partial charge in [0, 0.05) is 23.7 Å². The van der Waals surface area contributed by atoms with Crippen LogP contribution < -0.4 is 16.0 Å². The van der Waals surface area contributed by atoms with Gasteiger partial charge in [0.15, 0.2) is 0 Å². The highest BCUT2D eigenvalue weighted by Gasteiger charge is 2.26. The number of piperidine rings is 1. The summed E-state index contributed by atoms with van der Waals surface area (Å²) in [4.78, 5) is 45.1. The summed E-state index contributed by atoms with van der Waals surface area (Å²) < 4.78 is 0. The second-order valence-electron chi connectivity index (χ2n) is 8.69. The molecular formula is C22H35N5O5. The van der Waals surface area contributed by atoms with Crippen LogP contribution in [0.2, 0.25) is 0 Å². The minimum absolute atomic E-state index is 0.0599. The van der Waals surface area contributed by atoms with Crippen LogP contribution in [0.15, 0.2) is 6.07 Å². The maximum absolute atomic E-state index is 12.4. The van der Waals surface area contributed by atoms with Crippen LogP contribution in [0.4, 0.5) is 0 Å². The lowest BCUT2D eigenvalue weighted by Crippen LogP contribution is -2.53. The second-order valence-corrected chi connectivity index (χ2v) is 8.69. The average Bonchev–Trinajstić information content (AvgIpc) is 2.75. The number of aliphatic carboxylic acids is 1. The van der Waals surface area contributed by atoms with E-state index in [0.29, 0.717) is 18.2 Å². The Hall–Kier alpha value is -2.59. The Labute approximate surface area is 188 Å². The second kappa shape index (κ2) is 12.4. The van der Waals surface area contributed by atoms with Crippen LogP contribution in [-0.4, -0.2) is 69.7 Å². The number of aromatic nitrogens is 2. The van der Waals surface area contributed by atoms with Gasteiger partial charge in [0.2, 0.25) is 11.8 Å². The number of carboxylic acids is 1. The van der Waals surface area contributed by atoms with E-state index in [1.165, 1.54) is 0 Å². The molecule has 1 aromatic heterocycles. The Morgan fingerprint density at radius 3 is 2.44 bits per heavy atom. The molecule has 0 unspecified atom stereocenters. The number of aryl methyl sites for hydroxylation is 2. The van der Waals surface area contributed by atoms with Gasteiger partial charge in [0.1, 0.15) is 17.9 Å². The Bertz CT molecular complexity index is 795. The molecule has 10 heteroatoms. The summed E-state index contributed by atoms with van der Waals surface area (Å²) >= 11 is 0. The molecule has 5 N–H and O–H groups in total. The number of nitrogens with zero attached hydrogens (tertiary/aromatic N) is 2. The molecule has 0 radical (unpaired) electrons. The van der Waals surface area contributed by atoms with E-state index in [-0.39, 0.29) is 18.8 Å². The molecule has 1 fully saturated rings. The number of aliphatic hydroxyl groups excluding tert-OH is 1. The molecule has 2 atom stereocenters. The molecule has 0 bridgehead atoms. The smallest absolute Gasteiger partial charge is 0.326 e. The zero-order chi connectivity index (χ0) is 23.7. The molecule has 1 aromatic rings. The Balaban J connectivity index is 1.92.